The Labute approximate surface area is 458 Å². The van der Waals surface area contributed by atoms with Crippen molar-refractivity contribution in [3.63, 3.8) is 0 Å². The van der Waals surface area contributed by atoms with Crippen LogP contribution in [0.4, 0.5) is 28.6 Å². The Balaban J connectivity index is 1.52. The lowest BCUT2D eigenvalue weighted by atomic mass is 9.95. The lowest BCUT2D eigenvalue weighted by Gasteiger charge is -2.42. The molecule has 7 rings (SSSR count). The largest absolute Gasteiger partial charge is 0.543 e. The minimum atomic E-state index is -2.62. The predicted molar refractivity (Wildman–Crippen MR) is 306 cm³/mol. The Hall–Kier alpha value is -5.13. The van der Waals surface area contributed by atoms with Gasteiger partial charge in [0.2, 0.25) is 0 Å². The number of benzene rings is 2. The van der Waals surface area contributed by atoms with Gasteiger partial charge in [-0.1, -0.05) is 95.1 Å². The number of rotatable bonds is 13. The van der Waals surface area contributed by atoms with Gasteiger partial charge in [0.1, 0.15) is 54.8 Å². The third-order valence-electron chi connectivity index (χ3n) is 16.4. The maximum atomic E-state index is 18.7. The number of carbonyl (C=O) groups excluding carboxylic acids is 2. The molecule has 0 aliphatic carbocycles. The Morgan fingerprint density at radius 1 is 0.792 bits per heavy atom. The van der Waals surface area contributed by atoms with Gasteiger partial charge >= 0.3 is 18.2 Å². The highest BCUT2D eigenvalue weighted by Gasteiger charge is 2.50. The average molecular weight is 1100 g/mol. The van der Waals surface area contributed by atoms with Gasteiger partial charge < -0.3 is 23.5 Å². The average Bonchev–Trinajstić information content (AvgIpc) is 3.78. The van der Waals surface area contributed by atoms with E-state index < -0.39 is 63.1 Å². The molecule has 3 aliphatic rings. The smallest absolute Gasteiger partial charge is 0.429 e. The zero-order valence-corrected chi connectivity index (χ0v) is 51.2. The molecule has 3 saturated heterocycles. The van der Waals surface area contributed by atoms with Crippen LogP contribution in [0.3, 0.4) is 0 Å². The molecular weight excluding hydrogens is 1020 g/mol. The number of carbonyl (C=O) groups is 2. The molecule has 422 valence electrons. The van der Waals surface area contributed by atoms with E-state index in [2.05, 4.69) is 99.4 Å². The minimum absolute atomic E-state index is 0.0128. The summed E-state index contributed by atoms with van der Waals surface area (Å²) in [5.41, 5.74) is 2.90. The van der Waals surface area contributed by atoms with E-state index in [-0.39, 0.29) is 119 Å². The van der Waals surface area contributed by atoms with Crippen molar-refractivity contribution in [2.24, 2.45) is 0 Å². The van der Waals surface area contributed by atoms with E-state index in [0.717, 1.165) is 13.0 Å². The normalized spacial score (nSPS) is 19.1. The molecule has 4 aromatic rings. The fraction of sp³-hybridized carbons (Fsp3) is 0.644. The Morgan fingerprint density at radius 3 is 2.00 bits per heavy atom. The van der Waals surface area contributed by atoms with Crippen molar-refractivity contribution in [1.82, 2.24) is 29.8 Å². The van der Waals surface area contributed by atoms with Crippen LogP contribution >= 0.6 is 0 Å². The summed E-state index contributed by atoms with van der Waals surface area (Å²) in [6.45, 7) is 38.2. The Morgan fingerprint density at radius 2 is 1.40 bits per heavy atom. The van der Waals surface area contributed by atoms with Crippen LogP contribution in [-0.4, -0.2) is 127 Å². The molecule has 0 spiro atoms. The number of hydrogen-bond donors (Lipinski definition) is 0. The number of aromatic nitrogens is 3. The molecule has 2 atom stereocenters. The van der Waals surface area contributed by atoms with Gasteiger partial charge in [-0.3, -0.25) is 14.9 Å². The standard InChI is InChI=1S/C59H86F3N7O6Si2/c1-36(2)76(37(3)4,38(5)6)29-22-45-48(61)21-20-42-30-44(75-77(39(7)8,40(9)10)41(11)12)31-46(49(42)45)51-50(62)52-47(33-63-51)53(65-54(64-52)72-35-59-23-19-24-67(59)34-43(60)32-59)68-27-25-66(55(70)73-57(13,14)15)26-28-69(68)56(71)74-58(16,17)18/h20-21,30-31,33,36-41,43H,19,23-28,32,34-35H2,1-18H3/t43-,59+/m1/s1. The molecule has 3 fully saturated rings. The first-order valence-corrected chi connectivity index (χ1v) is 32.4. The number of amides is 2. The summed E-state index contributed by atoms with van der Waals surface area (Å²) in [6, 6.07) is 6.62. The summed E-state index contributed by atoms with van der Waals surface area (Å²) in [5, 5.41) is 4.02. The second-order valence-corrected chi connectivity index (χ2v) is 36.6. The van der Waals surface area contributed by atoms with Crippen LogP contribution in [0.5, 0.6) is 11.8 Å². The van der Waals surface area contributed by atoms with Gasteiger partial charge in [0.05, 0.1) is 29.6 Å². The quantitative estimate of drug-likeness (QED) is 0.0939. The first-order valence-electron chi connectivity index (χ1n) is 28.0. The van der Waals surface area contributed by atoms with Crippen LogP contribution in [-0.2, 0) is 9.47 Å². The molecule has 0 N–H and O–H groups in total. The van der Waals surface area contributed by atoms with Crippen molar-refractivity contribution in [3.8, 4) is 34.5 Å². The van der Waals surface area contributed by atoms with Crippen LogP contribution in [0, 0.1) is 23.1 Å². The second-order valence-electron chi connectivity index (χ2n) is 25.6. The van der Waals surface area contributed by atoms with Crippen LogP contribution < -0.4 is 14.2 Å². The van der Waals surface area contributed by atoms with Crippen molar-refractivity contribution in [1.29, 1.82) is 0 Å². The maximum absolute atomic E-state index is 18.7. The molecule has 0 bridgehead atoms. The summed E-state index contributed by atoms with van der Waals surface area (Å²) in [4.78, 5) is 46.3. The summed E-state index contributed by atoms with van der Waals surface area (Å²) in [5.74, 6) is 2.59. The van der Waals surface area contributed by atoms with Gasteiger partial charge in [-0.15, -0.1) is 5.54 Å². The van der Waals surface area contributed by atoms with Crippen molar-refractivity contribution < 1.29 is 41.4 Å². The highest BCUT2D eigenvalue weighted by Crippen LogP contribution is 2.47. The van der Waals surface area contributed by atoms with E-state index in [4.69, 9.17) is 33.6 Å². The van der Waals surface area contributed by atoms with Crippen molar-refractivity contribution in [3.05, 3.63) is 47.7 Å². The molecule has 13 nitrogen and oxygen atoms in total. The molecule has 2 amide bonds. The second kappa shape index (κ2) is 22.6. The molecule has 0 saturated carbocycles. The Bertz CT molecular complexity index is 2850. The highest BCUT2D eigenvalue weighted by molar-refractivity contribution is 6.90. The summed E-state index contributed by atoms with van der Waals surface area (Å²) in [6.07, 6.45) is 0.967. The van der Waals surface area contributed by atoms with Crippen LogP contribution in [0.15, 0.2) is 30.5 Å². The predicted octanol–water partition coefficient (Wildman–Crippen LogP) is 14.4. The van der Waals surface area contributed by atoms with Gasteiger partial charge in [-0.05, 0) is 118 Å². The minimum Gasteiger partial charge on any atom is -0.543 e. The summed E-state index contributed by atoms with van der Waals surface area (Å²) < 4.78 is 76.3. The van der Waals surface area contributed by atoms with Gasteiger partial charge in [0, 0.05) is 43.2 Å². The zero-order valence-electron chi connectivity index (χ0n) is 49.2. The molecule has 0 radical (unpaired) electrons. The van der Waals surface area contributed by atoms with E-state index in [1.165, 1.54) is 22.2 Å². The monoisotopic (exact) mass is 1100 g/mol. The number of hydrazine groups is 1. The number of halogens is 3. The molecular formula is C59H86F3N7O6Si2. The van der Waals surface area contributed by atoms with E-state index in [9.17, 15) is 9.59 Å². The third kappa shape index (κ3) is 11.9. The van der Waals surface area contributed by atoms with Gasteiger partial charge in [0.25, 0.3) is 8.32 Å². The fourth-order valence-electron chi connectivity index (χ4n) is 13.1. The number of pyridine rings is 1. The van der Waals surface area contributed by atoms with E-state index in [1.807, 2.05) is 6.07 Å². The molecule has 3 aliphatic heterocycles. The summed E-state index contributed by atoms with van der Waals surface area (Å²) >= 11 is 0. The van der Waals surface area contributed by atoms with Crippen LogP contribution in [0.25, 0.3) is 32.9 Å². The molecule has 77 heavy (non-hydrogen) atoms. The number of anilines is 1. The molecule has 2 aromatic carbocycles. The highest BCUT2D eigenvalue weighted by atomic mass is 28.4. The van der Waals surface area contributed by atoms with Crippen molar-refractivity contribution in [2.45, 2.75) is 200 Å². The van der Waals surface area contributed by atoms with E-state index in [0.29, 0.717) is 22.9 Å². The maximum Gasteiger partial charge on any atom is 0.429 e. The summed E-state index contributed by atoms with van der Waals surface area (Å²) in [7, 11) is -5.04. The molecule has 2 aromatic heterocycles. The topological polar surface area (TPSA) is 123 Å². The third-order valence-corrected chi connectivity index (χ3v) is 28.7. The van der Waals surface area contributed by atoms with Gasteiger partial charge in [0.15, 0.2) is 11.6 Å². The van der Waals surface area contributed by atoms with Crippen LogP contribution in [0.1, 0.15) is 149 Å². The number of nitrogens with zero attached hydrogens (tertiary/aromatic N) is 7. The first kappa shape index (κ1) is 59.5. The van der Waals surface area contributed by atoms with Crippen molar-refractivity contribution in [2.75, 3.05) is 50.9 Å². The van der Waals surface area contributed by atoms with Gasteiger partial charge in [-0.25, -0.2) is 27.8 Å². The SMILES string of the molecule is CC(C)[Si](C#Cc1c(F)ccc2cc(O[Si](C(C)C)(C(C)C)C(C)C)cc(-c3ncc4c(N5CCN(C(=O)OC(C)(C)C)CCN5C(=O)OC(C)(C)C)nc(OC[C@@]56CCCN5C[C@H](F)C6)nc4c3F)c12)(C(C)C)C(C)C. The number of ether oxygens (including phenoxy) is 3. The van der Waals surface area contributed by atoms with Crippen LogP contribution in [0.2, 0.25) is 33.2 Å². The van der Waals surface area contributed by atoms with Crippen molar-refractivity contribution >= 4 is 56.1 Å². The molecule has 0 unspecified atom stereocenters. The number of fused-ring (bicyclic) bond motifs is 3. The first-order chi connectivity index (χ1) is 35.9. The zero-order chi connectivity index (χ0) is 56.9. The molecule has 5 heterocycles. The lowest BCUT2D eigenvalue weighted by molar-refractivity contribution is 0.0185. The lowest BCUT2D eigenvalue weighted by Crippen LogP contribution is -2.50. The van der Waals surface area contributed by atoms with E-state index in [1.54, 1.807) is 58.7 Å². The molecule has 18 heteroatoms. The Kier molecular flexibility index (Phi) is 17.4. The number of alkyl halides is 1. The van der Waals surface area contributed by atoms with Gasteiger partial charge in [-0.2, -0.15) is 9.97 Å². The number of hydrogen-bond acceptors (Lipinski definition) is 11. The fourth-order valence-corrected chi connectivity index (χ4v) is 23.5. The van der Waals surface area contributed by atoms with E-state index >= 15 is 13.2 Å².